The molecule has 1 heterocycles. The number of aliphatic hydroxyl groups excluding tert-OH is 1. The van der Waals surface area contributed by atoms with E-state index in [2.05, 4.69) is 10.3 Å². The smallest absolute Gasteiger partial charge is 0.146 e. The summed E-state index contributed by atoms with van der Waals surface area (Å²) in [4.78, 5) is 4.17. The van der Waals surface area contributed by atoms with Gasteiger partial charge >= 0.3 is 0 Å². The molecule has 0 amide bonds. The Morgan fingerprint density at radius 3 is 2.67 bits per heavy atom. The van der Waals surface area contributed by atoms with Gasteiger partial charge in [-0.3, -0.25) is 4.98 Å². The highest BCUT2D eigenvalue weighted by molar-refractivity contribution is 5.46. The van der Waals surface area contributed by atoms with Crippen LogP contribution < -0.4 is 5.32 Å². The quantitative estimate of drug-likeness (QED) is 0.871. The maximum atomic E-state index is 13.5. The summed E-state index contributed by atoms with van der Waals surface area (Å²) in [5.74, 6) is -0.337. The largest absolute Gasteiger partial charge is 0.394 e. The lowest BCUT2D eigenvalue weighted by molar-refractivity contribution is 0.276. The molecule has 18 heavy (non-hydrogen) atoms. The first-order chi connectivity index (χ1) is 8.70. The van der Waals surface area contributed by atoms with Crippen molar-refractivity contribution in [2.75, 3.05) is 11.9 Å². The summed E-state index contributed by atoms with van der Waals surface area (Å²) in [5, 5.41) is 12.4. The summed E-state index contributed by atoms with van der Waals surface area (Å²) in [7, 11) is 0. The highest BCUT2D eigenvalue weighted by Gasteiger charge is 2.12. The van der Waals surface area contributed by atoms with E-state index in [4.69, 9.17) is 0 Å². The van der Waals surface area contributed by atoms with Crippen LogP contribution in [-0.4, -0.2) is 16.7 Å². The molecule has 0 radical (unpaired) electrons. The Balaban J connectivity index is 2.20. The average molecular weight is 246 g/mol. The van der Waals surface area contributed by atoms with E-state index in [1.807, 2.05) is 19.1 Å². The number of aliphatic hydroxyl groups is 1. The van der Waals surface area contributed by atoms with Gasteiger partial charge in [-0.2, -0.15) is 0 Å². The third-order valence-corrected chi connectivity index (χ3v) is 2.72. The molecule has 2 rings (SSSR count). The molecule has 94 valence electrons. The lowest BCUT2D eigenvalue weighted by Crippen LogP contribution is -2.15. The highest BCUT2D eigenvalue weighted by Crippen LogP contribution is 2.21. The van der Waals surface area contributed by atoms with E-state index < -0.39 is 0 Å². The minimum atomic E-state index is -0.366. The number of aryl methyl sites for hydroxylation is 1. The minimum Gasteiger partial charge on any atom is -0.394 e. The van der Waals surface area contributed by atoms with Crippen molar-refractivity contribution < 1.29 is 9.50 Å². The molecule has 0 bridgehead atoms. The van der Waals surface area contributed by atoms with Crippen molar-refractivity contribution in [3.63, 3.8) is 0 Å². The van der Waals surface area contributed by atoms with Crippen LogP contribution in [0.15, 0.2) is 42.6 Å². The fraction of sp³-hybridized carbons (Fsp3) is 0.214. The van der Waals surface area contributed by atoms with Gasteiger partial charge in [0.1, 0.15) is 5.82 Å². The number of aromatic nitrogens is 1. The van der Waals surface area contributed by atoms with Crippen molar-refractivity contribution in [2.45, 2.75) is 13.0 Å². The first-order valence-corrected chi connectivity index (χ1v) is 5.75. The van der Waals surface area contributed by atoms with Crippen molar-refractivity contribution in [3.05, 3.63) is 59.7 Å². The molecule has 1 atom stereocenters. The molecule has 1 unspecified atom stereocenters. The highest BCUT2D eigenvalue weighted by atomic mass is 19.1. The Morgan fingerprint density at radius 1 is 1.28 bits per heavy atom. The summed E-state index contributed by atoms with van der Waals surface area (Å²) in [6, 6.07) is 9.76. The first kappa shape index (κ1) is 12.5. The summed E-state index contributed by atoms with van der Waals surface area (Å²) in [6.45, 7) is 1.76. The number of para-hydroxylation sites is 1. The third kappa shape index (κ3) is 2.84. The maximum absolute atomic E-state index is 13.5. The Morgan fingerprint density at radius 2 is 2.06 bits per heavy atom. The van der Waals surface area contributed by atoms with E-state index in [1.54, 1.807) is 24.4 Å². The van der Waals surface area contributed by atoms with Crippen LogP contribution in [0.1, 0.15) is 17.3 Å². The molecule has 0 saturated heterocycles. The van der Waals surface area contributed by atoms with Crippen molar-refractivity contribution in [2.24, 2.45) is 0 Å². The SMILES string of the molecule is Cc1ccc(C(CO)Nc2ccccc2F)cn1. The van der Waals surface area contributed by atoms with Crippen LogP contribution in [0.3, 0.4) is 0 Å². The van der Waals surface area contributed by atoms with Gasteiger partial charge in [0, 0.05) is 11.9 Å². The molecule has 1 aromatic carbocycles. The molecular formula is C14H15FN2O. The van der Waals surface area contributed by atoms with E-state index in [0.29, 0.717) is 5.69 Å². The average Bonchev–Trinajstić information content (AvgIpc) is 2.39. The maximum Gasteiger partial charge on any atom is 0.146 e. The minimum absolute atomic E-state index is 0.126. The first-order valence-electron chi connectivity index (χ1n) is 5.75. The number of nitrogens with zero attached hydrogens (tertiary/aromatic N) is 1. The van der Waals surface area contributed by atoms with Crippen molar-refractivity contribution in [3.8, 4) is 0 Å². The summed E-state index contributed by atoms with van der Waals surface area (Å²) in [5.41, 5.74) is 2.10. The second-order valence-electron chi connectivity index (χ2n) is 4.09. The zero-order valence-electron chi connectivity index (χ0n) is 10.1. The zero-order chi connectivity index (χ0) is 13.0. The molecule has 3 nitrogen and oxygen atoms in total. The Bertz CT molecular complexity index is 513. The van der Waals surface area contributed by atoms with Crippen molar-refractivity contribution in [1.29, 1.82) is 0 Å². The van der Waals surface area contributed by atoms with E-state index >= 15 is 0 Å². The van der Waals surface area contributed by atoms with Gasteiger partial charge in [-0.1, -0.05) is 18.2 Å². The number of anilines is 1. The van der Waals surface area contributed by atoms with Crippen LogP contribution in [0.4, 0.5) is 10.1 Å². The Kier molecular flexibility index (Phi) is 3.89. The van der Waals surface area contributed by atoms with E-state index in [0.717, 1.165) is 11.3 Å². The Labute approximate surface area is 105 Å². The van der Waals surface area contributed by atoms with Crippen LogP contribution in [0.25, 0.3) is 0 Å². The van der Waals surface area contributed by atoms with E-state index in [-0.39, 0.29) is 18.5 Å². The molecular weight excluding hydrogens is 231 g/mol. The number of halogens is 1. The molecule has 2 N–H and O–H groups in total. The predicted octanol–water partition coefficient (Wildman–Crippen LogP) is 2.67. The molecule has 2 aromatic rings. The molecule has 0 fully saturated rings. The van der Waals surface area contributed by atoms with Gasteiger partial charge in [0.15, 0.2) is 0 Å². The van der Waals surface area contributed by atoms with Crippen molar-refractivity contribution >= 4 is 5.69 Å². The van der Waals surface area contributed by atoms with Gasteiger partial charge in [-0.15, -0.1) is 0 Å². The second kappa shape index (κ2) is 5.60. The van der Waals surface area contributed by atoms with Gasteiger partial charge in [0.25, 0.3) is 0 Å². The number of hydrogen-bond acceptors (Lipinski definition) is 3. The van der Waals surface area contributed by atoms with E-state index in [1.165, 1.54) is 6.07 Å². The summed E-state index contributed by atoms with van der Waals surface area (Å²) < 4.78 is 13.5. The van der Waals surface area contributed by atoms with Crippen molar-refractivity contribution in [1.82, 2.24) is 4.98 Å². The molecule has 1 aromatic heterocycles. The normalized spacial score (nSPS) is 12.2. The number of benzene rings is 1. The number of rotatable bonds is 4. The van der Waals surface area contributed by atoms with Crippen LogP contribution in [-0.2, 0) is 0 Å². The van der Waals surface area contributed by atoms with Crippen LogP contribution in [0, 0.1) is 12.7 Å². The fourth-order valence-electron chi connectivity index (χ4n) is 1.69. The predicted molar refractivity (Wildman–Crippen MR) is 68.8 cm³/mol. The molecule has 0 saturated carbocycles. The number of pyridine rings is 1. The van der Waals surface area contributed by atoms with Gasteiger partial charge in [0.2, 0.25) is 0 Å². The lowest BCUT2D eigenvalue weighted by Gasteiger charge is -2.18. The van der Waals surface area contributed by atoms with Gasteiger partial charge < -0.3 is 10.4 Å². The van der Waals surface area contributed by atoms with Gasteiger partial charge in [-0.25, -0.2) is 4.39 Å². The summed E-state index contributed by atoms with van der Waals surface area (Å²) in [6.07, 6.45) is 1.68. The molecule has 0 aliphatic carbocycles. The topological polar surface area (TPSA) is 45.1 Å². The molecule has 0 spiro atoms. The number of nitrogens with one attached hydrogen (secondary N) is 1. The molecule has 0 aliphatic heterocycles. The summed E-state index contributed by atoms with van der Waals surface area (Å²) >= 11 is 0. The van der Waals surface area contributed by atoms with Gasteiger partial charge in [0.05, 0.1) is 18.3 Å². The Hall–Kier alpha value is -1.94. The van der Waals surface area contributed by atoms with Gasteiger partial charge in [-0.05, 0) is 30.7 Å². The number of hydrogen-bond donors (Lipinski definition) is 2. The second-order valence-corrected chi connectivity index (χ2v) is 4.09. The zero-order valence-corrected chi connectivity index (χ0v) is 10.1. The van der Waals surface area contributed by atoms with Crippen LogP contribution in [0.5, 0.6) is 0 Å². The third-order valence-electron chi connectivity index (χ3n) is 2.72. The monoisotopic (exact) mass is 246 g/mol. The molecule has 4 heteroatoms. The van der Waals surface area contributed by atoms with E-state index in [9.17, 15) is 9.50 Å². The fourth-order valence-corrected chi connectivity index (χ4v) is 1.69. The van der Waals surface area contributed by atoms with Crippen LogP contribution in [0.2, 0.25) is 0 Å². The standard InChI is InChI=1S/C14H15FN2O/c1-10-6-7-11(8-16-10)14(9-18)17-13-5-3-2-4-12(13)15/h2-8,14,17-18H,9H2,1H3. The van der Waals surface area contributed by atoms with Crippen LogP contribution >= 0.6 is 0 Å². The lowest BCUT2D eigenvalue weighted by atomic mass is 10.1. The molecule has 0 aliphatic rings.